The van der Waals surface area contributed by atoms with Crippen LogP contribution in [0.3, 0.4) is 0 Å². The van der Waals surface area contributed by atoms with Gasteiger partial charge < -0.3 is 20.3 Å². The maximum absolute atomic E-state index is 13.9. The zero-order valence-corrected chi connectivity index (χ0v) is 24.3. The molecule has 1 aromatic heterocycles. The molecule has 6 rings (SSSR count). The van der Waals surface area contributed by atoms with E-state index in [-0.39, 0.29) is 10.6 Å². The van der Waals surface area contributed by atoms with Crippen LogP contribution in [0.15, 0.2) is 91.3 Å². The van der Waals surface area contributed by atoms with Gasteiger partial charge in [-0.2, -0.15) is 0 Å². The zero-order chi connectivity index (χ0) is 28.7. The number of benzene rings is 3. The van der Waals surface area contributed by atoms with Crippen LogP contribution < -0.4 is 10.5 Å². The van der Waals surface area contributed by atoms with Crippen LogP contribution >= 0.6 is 0 Å². The topological polar surface area (TPSA) is 84.1 Å². The lowest BCUT2D eigenvalue weighted by molar-refractivity contribution is -0.900. The second-order valence-corrected chi connectivity index (χ2v) is 12.9. The molecular weight excluding hydrogens is 508 g/mol. The van der Waals surface area contributed by atoms with Crippen LogP contribution in [0.1, 0.15) is 72.8 Å². The highest BCUT2D eigenvalue weighted by Gasteiger charge is 2.47. The molecule has 212 valence electrons. The van der Waals surface area contributed by atoms with Crippen LogP contribution in [0.25, 0.3) is 0 Å². The van der Waals surface area contributed by atoms with Crippen LogP contribution in [-0.4, -0.2) is 33.2 Å². The highest BCUT2D eigenvalue weighted by Crippen LogP contribution is 2.58. The van der Waals surface area contributed by atoms with Crippen LogP contribution in [0.4, 0.5) is 0 Å². The van der Waals surface area contributed by atoms with Gasteiger partial charge in [0.15, 0.2) is 0 Å². The van der Waals surface area contributed by atoms with Crippen molar-refractivity contribution in [3.63, 3.8) is 0 Å². The number of piperidine rings is 1. The van der Waals surface area contributed by atoms with Gasteiger partial charge in [0.05, 0.1) is 13.1 Å². The minimum atomic E-state index is -0.491. The molecule has 0 radical (unpaired) electrons. The lowest BCUT2D eigenvalue weighted by atomic mass is 9.70. The first-order valence-electron chi connectivity index (χ1n) is 14.7. The van der Waals surface area contributed by atoms with Crippen LogP contribution in [0.2, 0.25) is 0 Å². The number of aryl methyl sites for hydroxylation is 1. The molecule has 0 bridgehead atoms. The van der Waals surface area contributed by atoms with Gasteiger partial charge in [0.2, 0.25) is 0 Å². The molecule has 2 unspecified atom stereocenters. The molecule has 2 atom stereocenters. The Morgan fingerprint density at radius 1 is 0.902 bits per heavy atom. The molecule has 1 saturated carbocycles. The number of quaternary nitrogens is 1. The normalized spacial score (nSPS) is 25.8. The van der Waals surface area contributed by atoms with Gasteiger partial charge in [0, 0.05) is 42.3 Å². The number of likely N-dealkylation sites (tertiary alicyclic amines) is 1. The lowest BCUT2D eigenvalue weighted by Crippen LogP contribution is -2.59. The molecule has 2 heterocycles. The van der Waals surface area contributed by atoms with Crippen molar-refractivity contribution in [2.24, 2.45) is 11.1 Å². The van der Waals surface area contributed by atoms with Crippen molar-refractivity contribution in [2.75, 3.05) is 13.1 Å². The van der Waals surface area contributed by atoms with E-state index in [4.69, 9.17) is 10.5 Å². The average Bonchev–Trinajstić information content (AvgIpc) is 3.62. The number of hydroxylamine groups is 3. The van der Waals surface area contributed by atoms with Gasteiger partial charge in [-0.05, 0) is 71.7 Å². The van der Waals surface area contributed by atoms with E-state index in [9.17, 15) is 5.21 Å². The van der Waals surface area contributed by atoms with E-state index in [1.807, 2.05) is 24.3 Å². The minimum Gasteiger partial charge on any atom is -0.633 e. The molecule has 3 aromatic carbocycles. The first-order valence-corrected chi connectivity index (χ1v) is 14.7. The summed E-state index contributed by atoms with van der Waals surface area (Å²) in [5, 5.41) is 13.9. The average molecular weight is 549 g/mol. The van der Waals surface area contributed by atoms with Crippen molar-refractivity contribution in [3.05, 3.63) is 124 Å². The molecule has 1 aliphatic carbocycles. The monoisotopic (exact) mass is 548 g/mol. The first-order chi connectivity index (χ1) is 19.6. The molecule has 2 fully saturated rings. The fourth-order valence-corrected chi connectivity index (χ4v) is 6.52. The lowest BCUT2D eigenvalue weighted by Gasteiger charge is -2.52. The summed E-state index contributed by atoms with van der Waals surface area (Å²) in [6, 6.07) is 27.6. The molecule has 2 aliphatic rings. The van der Waals surface area contributed by atoms with Crippen molar-refractivity contribution in [1.82, 2.24) is 9.97 Å². The van der Waals surface area contributed by atoms with Crippen molar-refractivity contribution in [2.45, 2.75) is 64.0 Å². The Balaban J connectivity index is 1.17. The third kappa shape index (κ3) is 6.05. The maximum Gasteiger partial charge on any atom is 0.321 e. The predicted molar refractivity (Wildman–Crippen MR) is 162 cm³/mol. The van der Waals surface area contributed by atoms with Crippen LogP contribution in [0, 0.1) is 17.5 Å². The molecule has 2 N–H and O–H groups in total. The summed E-state index contributed by atoms with van der Waals surface area (Å²) in [6.07, 6.45) is 5.86. The number of nitrogens with two attached hydrogens (primary N) is 1. The van der Waals surface area contributed by atoms with E-state index in [2.05, 4.69) is 79.3 Å². The summed E-state index contributed by atoms with van der Waals surface area (Å²) in [5.74, 6) is 1.32. The van der Waals surface area contributed by atoms with Gasteiger partial charge in [0.1, 0.15) is 12.3 Å². The SMILES string of the molecule is Cc1ccc(C(c2ccc(C3CC3(C)C)cc2)C2(N)CC[N+]([O-])(Cc3ccc(Oc4ncccn4)cc3)CC2)cc1. The van der Waals surface area contributed by atoms with Crippen molar-refractivity contribution < 1.29 is 9.38 Å². The summed E-state index contributed by atoms with van der Waals surface area (Å²) in [7, 11) is 0. The minimum absolute atomic E-state index is 0.0368. The van der Waals surface area contributed by atoms with E-state index >= 15 is 0 Å². The largest absolute Gasteiger partial charge is 0.633 e. The van der Waals surface area contributed by atoms with Crippen molar-refractivity contribution >= 4 is 0 Å². The Labute approximate surface area is 243 Å². The Kier molecular flexibility index (Phi) is 7.18. The summed E-state index contributed by atoms with van der Waals surface area (Å²) >= 11 is 0. The number of aromatic nitrogens is 2. The fourth-order valence-electron chi connectivity index (χ4n) is 6.52. The third-order valence-electron chi connectivity index (χ3n) is 9.29. The molecule has 6 heteroatoms. The molecule has 4 aromatic rings. The summed E-state index contributed by atoms with van der Waals surface area (Å²) in [4.78, 5) is 8.20. The van der Waals surface area contributed by atoms with Crippen molar-refractivity contribution in [3.8, 4) is 11.8 Å². The third-order valence-corrected chi connectivity index (χ3v) is 9.29. The Hall–Kier alpha value is -3.58. The van der Waals surface area contributed by atoms with Gasteiger partial charge in [-0.15, -0.1) is 0 Å². The molecule has 0 amide bonds. The van der Waals surface area contributed by atoms with Gasteiger partial charge >= 0.3 is 6.01 Å². The molecule has 0 spiro atoms. The molecular formula is C35H40N4O2. The van der Waals surface area contributed by atoms with Crippen LogP contribution in [-0.2, 0) is 6.54 Å². The number of nitrogens with zero attached hydrogens (tertiary/aromatic N) is 3. The maximum atomic E-state index is 13.9. The smallest absolute Gasteiger partial charge is 0.321 e. The van der Waals surface area contributed by atoms with E-state index in [0.717, 1.165) is 5.56 Å². The van der Waals surface area contributed by atoms with Crippen molar-refractivity contribution in [1.29, 1.82) is 0 Å². The van der Waals surface area contributed by atoms with E-state index in [1.54, 1.807) is 18.5 Å². The number of hydrogen-bond acceptors (Lipinski definition) is 5. The Bertz CT molecular complexity index is 1460. The summed E-state index contributed by atoms with van der Waals surface area (Å²) in [6.45, 7) is 8.19. The number of rotatable bonds is 8. The Morgan fingerprint density at radius 3 is 2.02 bits per heavy atom. The quantitative estimate of drug-likeness (QED) is 0.185. The standard InChI is InChI=1S/C35H40N4O2/c1-25-5-9-28(10-6-25)32(29-13-11-27(12-14-29)31-23-34(31,2)3)35(36)17-21-39(40,22-18-35)24-26-7-15-30(16-8-26)41-33-37-19-4-20-38-33/h4-16,19-20,31-32H,17-18,21-24,36H2,1-3H3. The predicted octanol–water partition coefficient (Wildman–Crippen LogP) is 7.23. The highest BCUT2D eigenvalue weighted by molar-refractivity contribution is 5.41. The van der Waals surface area contributed by atoms with Crippen LogP contribution in [0.5, 0.6) is 11.8 Å². The number of ether oxygens (including phenoxy) is 1. The van der Waals surface area contributed by atoms with Gasteiger partial charge in [-0.3, -0.25) is 0 Å². The molecule has 1 saturated heterocycles. The van der Waals surface area contributed by atoms with Gasteiger partial charge in [-0.1, -0.05) is 67.9 Å². The van der Waals surface area contributed by atoms with E-state index < -0.39 is 5.54 Å². The summed E-state index contributed by atoms with van der Waals surface area (Å²) < 4.78 is 5.44. The molecule has 41 heavy (non-hydrogen) atoms. The zero-order valence-electron chi connectivity index (χ0n) is 24.3. The fraction of sp³-hybridized carbons (Fsp3) is 0.371. The molecule has 1 aliphatic heterocycles. The second-order valence-electron chi connectivity index (χ2n) is 12.9. The number of hydrogen-bond donors (Lipinski definition) is 1. The van der Waals surface area contributed by atoms with Gasteiger partial charge in [0.25, 0.3) is 0 Å². The summed E-state index contributed by atoms with van der Waals surface area (Å²) in [5.41, 5.74) is 13.3. The Morgan fingerprint density at radius 2 is 1.46 bits per heavy atom. The van der Waals surface area contributed by atoms with E-state index in [1.165, 1.54) is 28.7 Å². The first kappa shape index (κ1) is 27.6. The molecule has 6 nitrogen and oxygen atoms in total. The highest BCUT2D eigenvalue weighted by atomic mass is 16.5. The van der Waals surface area contributed by atoms with E-state index in [0.29, 0.717) is 55.6 Å². The van der Waals surface area contributed by atoms with Gasteiger partial charge in [-0.25, -0.2) is 9.97 Å². The second kappa shape index (κ2) is 10.7.